The van der Waals surface area contributed by atoms with Crippen molar-refractivity contribution in [2.75, 3.05) is 29.5 Å². The molecule has 0 spiro atoms. The van der Waals surface area contributed by atoms with Gasteiger partial charge >= 0.3 is 0 Å². The molecule has 1 N–H and O–H groups in total. The Bertz CT molecular complexity index is 1410. The van der Waals surface area contributed by atoms with Crippen LogP contribution < -0.4 is 14.5 Å². The smallest absolute Gasteiger partial charge is 0.300 e. The van der Waals surface area contributed by atoms with Crippen LogP contribution in [0.2, 0.25) is 0 Å². The van der Waals surface area contributed by atoms with E-state index in [4.69, 9.17) is 4.74 Å². The molecule has 1 unspecified atom stereocenters. The van der Waals surface area contributed by atoms with E-state index in [1.807, 2.05) is 26.0 Å². The number of carbonyl (C=O) groups excluding carboxylic acids is 2. The maximum atomic E-state index is 14.9. The first kappa shape index (κ1) is 24.5. The fraction of sp³-hybridized carbons (Fsp3) is 0.241. The third-order valence-corrected chi connectivity index (χ3v) is 6.91. The summed E-state index contributed by atoms with van der Waals surface area (Å²) in [6.45, 7) is 6.16. The number of nitrogens with zero attached hydrogens (tertiary/aromatic N) is 2. The zero-order valence-electron chi connectivity index (χ0n) is 20.5. The third-order valence-electron chi connectivity index (χ3n) is 6.91. The highest BCUT2D eigenvalue weighted by atomic mass is 19.1. The van der Waals surface area contributed by atoms with Gasteiger partial charge in [-0.25, -0.2) is 8.78 Å². The molecule has 1 saturated heterocycles. The zero-order chi connectivity index (χ0) is 26.3. The van der Waals surface area contributed by atoms with Crippen LogP contribution in [0.15, 0.2) is 66.2 Å². The average molecular weight is 505 g/mol. The van der Waals surface area contributed by atoms with Gasteiger partial charge in [0.25, 0.3) is 11.7 Å². The molecule has 2 aliphatic heterocycles. The highest BCUT2D eigenvalue weighted by molar-refractivity contribution is 6.51. The number of aliphatic hydroxyl groups excluding tert-OH is 1. The third kappa shape index (κ3) is 4.22. The second kappa shape index (κ2) is 9.69. The van der Waals surface area contributed by atoms with Gasteiger partial charge in [0.05, 0.1) is 23.9 Å². The van der Waals surface area contributed by atoms with Crippen LogP contribution in [0.1, 0.15) is 36.6 Å². The van der Waals surface area contributed by atoms with Gasteiger partial charge in [0.1, 0.15) is 23.1 Å². The van der Waals surface area contributed by atoms with Crippen LogP contribution in [-0.4, -0.2) is 36.5 Å². The maximum absolute atomic E-state index is 14.9. The van der Waals surface area contributed by atoms with Crippen molar-refractivity contribution >= 4 is 28.8 Å². The first-order valence-corrected chi connectivity index (χ1v) is 12.2. The largest absolute Gasteiger partial charge is 0.507 e. The number of anilines is 2. The van der Waals surface area contributed by atoms with Crippen molar-refractivity contribution in [3.05, 3.63) is 94.6 Å². The lowest BCUT2D eigenvalue weighted by Crippen LogP contribution is -2.30. The number of halogens is 2. The standard InChI is InChI=1S/C29H26F2N2O4/c1-3-32(4-2)21-9-5-17(6-10-21)26-25(27(34)19-7-12-24-18(15-19)13-14-37-24)28(35)29(36)33(26)23-11-8-20(30)16-22(23)31/h5-12,15-16,26,34H,3-4,13-14H2,1-2H3/b27-25-. The lowest BCUT2D eigenvalue weighted by atomic mass is 9.94. The van der Waals surface area contributed by atoms with Crippen molar-refractivity contribution < 1.29 is 28.2 Å². The molecule has 3 aromatic rings. The molecular formula is C29H26F2N2O4. The Morgan fingerprint density at radius 3 is 2.43 bits per heavy atom. The first-order chi connectivity index (χ1) is 17.8. The maximum Gasteiger partial charge on any atom is 0.300 e. The summed E-state index contributed by atoms with van der Waals surface area (Å²) in [5.74, 6) is -3.41. The van der Waals surface area contributed by atoms with Gasteiger partial charge in [-0.1, -0.05) is 12.1 Å². The van der Waals surface area contributed by atoms with E-state index in [1.54, 1.807) is 30.3 Å². The van der Waals surface area contributed by atoms with Crippen LogP contribution >= 0.6 is 0 Å². The van der Waals surface area contributed by atoms with Gasteiger partial charge in [-0.3, -0.25) is 14.5 Å². The van der Waals surface area contributed by atoms with E-state index in [9.17, 15) is 23.5 Å². The molecule has 37 heavy (non-hydrogen) atoms. The molecule has 0 radical (unpaired) electrons. The molecule has 2 heterocycles. The monoisotopic (exact) mass is 504 g/mol. The molecule has 2 aliphatic rings. The quantitative estimate of drug-likeness (QED) is 0.278. The highest BCUT2D eigenvalue weighted by Crippen LogP contribution is 2.43. The highest BCUT2D eigenvalue weighted by Gasteiger charge is 2.47. The Kier molecular flexibility index (Phi) is 6.41. The predicted octanol–water partition coefficient (Wildman–Crippen LogP) is 5.37. The fourth-order valence-electron chi connectivity index (χ4n) is 5.02. The van der Waals surface area contributed by atoms with E-state index in [0.717, 1.165) is 41.4 Å². The number of hydrogen-bond acceptors (Lipinski definition) is 5. The van der Waals surface area contributed by atoms with Crippen molar-refractivity contribution in [2.24, 2.45) is 0 Å². The molecule has 1 amide bonds. The summed E-state index contributed by atoms with van der Waals surface area (Å²) in [6.07, 6.45) is 0.655. The number of hydrogen-bond donors (Lipinski definition) is 1. The van der Waals surface area contributed by atoms with Crippen molar-refractivity contribution in [2.45, 2.75) is 26.3 Å². The van der Waals surface area contributed by atoms with Crippen molar-refractivity contribution in [3.8, 4) is 5.75 Å². The minimum atomic E-state index is -1.12. The predicted molar refractivity (Wildman–Crippen MR) is 137 cm³/mol. The van der Waals surface area contributed by atoms with Gasteiger partial charge in [0.15, 0.2) is 0 Å². The molecule has 0 aliphatic carbocycles. The van der Waals surface area contributed by atoms with Gasteiger partial charge in [-0.15, -0.1) is 0 Å². The molecule has 1 fully saturated rings. The number of carbonyl (C=O) groups is 2. The Morgan fingerprint density at radius 1 is 1.03 bits per heavy atom. The zero-order valence-corrected chi connectivity index (χ0v) is 20.5. The lowest BCUT2D eigenvalue weighted by molar-refractivity contribution is -0.132. The second-order valence-corrected chi connectivity index (χ2v) is 8.95. The number of rotatable bonds is 6. The van der Waals surface area contributed by atoms with Gasteiger partial charge in [0.2, 0.25) is 0 Å². The molecule has 5 rings (SSSR count). The first-order valence-electron chi connectivity index (χ1n) is 12.2. The number of ether oxygens (including phenoxy) is 1. The number of ketones is 1. The summed E-state index contributed by atoms with van der Waals surface area (Å²) in [7, 11) is 0. The summed E-state index contributed by atoms with van der Waals surface area (Å²) in [5.41, 5.74) is 2.27. The Labute approximate surface area is 213 Å². The summed E-state index contributed by atoms with van der Waals surface area (Å²) >= 11 is 0. The average Bonchev–Trinajstić information content (AvgIpc) is 3.47. The molecule has 0 aromatic heterocycles. The molecule has 0 saturated carbocycles. The van der Waals surface area contributed by atoms with E-state index < -0.39 is 29.4 Å². The number of aliphatic hydroxyl groups is 1. The number of Topliss-reactive ketones (excluding diaryl/α,β-unsaturated/α-hetero) is 1. The topological polar surface area (TPSA) is 70.1 Å². The van der Waals surface area contributed by atoms with E-state index in [0.29, 0.717) is 36.0 Å². The molecule has 190 valence electrons. The summed E-state index contributed by atoms with van der Waals surface area (Å²) < 4.78 is 34.1. The van der Waals surface area contributed by atoms with Crippen LogP contribution in [0.25, 0.3) is 5.76 Å². The number of fused-ring (bicyclic) bond motifs is 1. The van der Waals surface area contributed by atoms with E-state index in [1.165, 1.54) is 0 Å². The Balaban J connectivity index is 1.68. The molecule has 3 aromatic carbocycles. The van der Waals surface area contributed by atoms with Crippen molar-refractivity contribution in [1.82, 2.24) is 0 Å². The SMILES string of the molecule is CCN(CC)c1ccc(C2/C(=C(/O)c3ccc4c(c3)CCO4)C(=O)C(=O)N2c2ccc(F)cc2F)cc1. The van der Waals surface area contributed by atoms with Crippen LogP contribution in [0.5, 0.6) is 5.75 Å². The van der Waals surface area contributed by atoms with Gasteiger partial charge in [-0.2, -0.15) is 0 Å². The second-order valence-electron chi connectivity index (χ2n) is 8.95. The minimum absolute atomic E-state index is 0.164. The number of amides is 1. The van der Waals surface area contributed by atoms with Crippen LogP contribution in [0, 0.1) is 11.6 Å². The van der Waals surface area contributed by atoms with E-state index in [-0.39, 0.29) is 17.0 Å². The normalized spacial score (nSPS) is 18.2. The molecule has 1 atom stereocenters. The van der Waals surface area contributed by atoms with Crippen LogP contribution in [-0.2, 0) is 16.0 Å². The summed E-state index contributed by atoms with van der Waals surface area (Å²) in [6, 6.07) is 14.0. The minimum Gasteiger partial charge on any atom is -0.507 e. The van der Waals surface area contributed by atoms with E-state index in [2.05, 4.69) is 4.90 Å². The molecule has 8 heteroatoms. The van der Waals surface area contributed by atoms with Gasteiger partial charge in [-0.05, 0) is 67.4 Å². The summed E-state index contributed by atoms with van der Waals surface area (Å²) in [4.78, 5) is 29.7. The van der Waals surface area contributed by atoms with Crippen LogP contribution in [0.3, 0.4) is 0 Å². The lowest BCUT2D eigenvalue weighted by Gasteiger charge is -2.27. The molecule has 0 bridgehead atoms. The molecule has 6 nitrogen and oxygen atoms in total. The van der Waals surface area contributed by atoms with Crippen molar-refractivity contribution in [1.29, 1.82) is 0 Å². The van der Waals surface area contributed by atoms with Gasteiger partial charge in [0, 0.05) is 36.8 Å². The molecular weight excluding hydrogens is 478 g/mol. The van der Waals surface area contributed by atoms with Crippen LogP contribution in [0.4, 0.5) is 20.2 Å². The summed E-state index contributed by atoms with van der Waals surface area (Å²) in [5, 5.41) is 11.3. The van der Waals surface area contributed by atoms with Crippen molar-refractivity contribution in [3.63, 3.8) is 0 Å². The number of benzene rings is 3. The Morgan fingerprint density at radius 2 is 1.76 bits per heavy atom. The Hall–Kier alpha value is -4.20. The fourth-order valence-corrected chi connectivity index (χ4v) is 5.02. The van der Waals surface area contributed by atoms with Gasteiger partial charge < -0.3 is 14.7 Å². The van der Waals surface area contributed by atoms with E-state index >= 15 is 0 Å².